The SMILES string of the molecule is O=C(NCc1nc2ccccc2c(=O)[nH]1)C(O)(c1ccc(F)c(Cl)c1)C(F)(F)F. The van der Waals surface area contributed by atoms with E-state index in [9.17, 15) is 32.3 Å². The number of carbonyl (C=O) groups excluding carboxylic acids is 1. The summed E-state index contributed by atoms with van der Waals surface area (Å²) < 4.78 is 53.9. The number of para-hydroxylation sites is 1. The summed E-state index contributed by atoms with van der Waals surface area (Å²) in [5.41, 5.74) is -5.23. The molecule has 0 fully saturated rings. The normalized spacial score (nSPS) is 13.9. The number of halogens is 5. The smallest absolute Gasteiger partial charge is 0.369 e. The van der Waals surface area contributed by atoms with Crippen molar-refractivity contribution in [2.24, 2.45) is 0 Å². The van der Waals surface area contributed by atoms with Crippen LogP contribution in [0.5, 0.6) is 0 Å². The quantitative estimate of drug-likeness (QED) is 0.556. The van der Waals surface area contributed by atoms with Gasteiger partial charge in [-0.15, -0.1) is 0 Å². The van der Waals surface area contributed by atoms with Gasteiger partial charge < -0.3 is 15.4 Å². The van der Waals surface area contributed by atoms with Crippen molar-refractivity contribution in [3.63, 3.8) is 0 Å². The maximum Gasteiger partial charge on any atom is 0.430 e. The molecule has 3 rings (SSSR count). The minimum absolute atomic E-state index is 0.122. The van der Waals surface area contributed by atoms with Gasteiger partial charge in [-0.05, 0) is 24.3 Å². The molecule has 1 amide bonds. The van der Waals surface area contributed by atoms with E-state index in [1.165, 1.54) is 12.1 Å². The zero-order chi connectivity index (χ0) is 21.4. The van der Waals surface area contributed by atoms with Gasteiger partial charge in [0.05, 0.1) is 22.5 Å². The fraction of sp³-hybridized carbons (Fsp3) is 0.167. The van der Waals surface area contributed by atoms with Crippen LogP contribution >= 0.6 is 11.6 Å². The average Bonchev–Trinajstić information content (AvgIpc) is 2.66. The number of aliphatic hydroxyl groups is 1. The van der Waals surface area contributed by atoms with E-state index in [-0.39, 0.29) is 16.7 Å². The third-order valence-corrected chi connectivity index (χ3v) is 4.44. The molecule has 3 aromatic rings. The van der Waals surface area contributed by atoms with Crippen molar-refractivity contribution in [3.05, 3.63) is 75.0 Å². The van der Waals surface area contributed by atoms with Crippen LogP contribution in [0.15, 0.2) is 47.3 Å². The zero-order valence-electron chi connectivity index (χ0n) is 14.3. The van der Waals surface area contributed by atoms with Crippen LogP contribution in [0.1, 0.15) is 11.4 Å². The highest BCUT2D eigenvalue weighted by Crippen LogP contribution is 2.40. The molecule has 6 nitrogen and oxygen atoms in total. The van der Waals surface area contributed by atoms with Gasteiger partial charge in [0, 0.05) is 5.56 Å². The number of benzene rings is 2. The Bertz CT molecular complexity index is 1150. The van der Waals surface area contributed by atoms with Crippen LogP contribution in [-0.4, -0.2) is 27.2 Å². The first-order chi connectivity index (χ1) is 13.5. The standard InChI is InChI=1S/C18H12ClF4N3O3/c19-11-7-9(5-6-12(11)20)17(29,18(21,22)23)16(28)24-8-14-25-13-4-2-1-3-10(13)15(27)26-14/h1-7,29H,8H2,(H,24,28)(H,25,26,27). The molecule has 0 aliphatic rings. The number of rotatable bonds is 4. The number of H-pyrrole nitrogens is 1. The summed E-state index contributed by atoms with van der Waals surface area (Å²) in [4.78, 5) is 30.7. The average molecular weight is 430 g/mol. The van der Waals surface area contributed by atoms with Gasteiger partial charge in [-0.3, -0.25) is 9.59 Å². The Hall–Kier alpha value is -2.98. The molecular formula is C18H12ClF4N3O3. The third-order valence-electron chi connectivity index (χ3n) is 4.15. The molecule has 0 bridgehead atoms. The first-order valence-electron chi connectivity index (χ1n) is 8.05. The Morgan fingerprint density at radius 3 is 2.55 bits per heavy atom. The molecule has 1 heterocycles. The molecule has 2 aromatic carbocycles. The fourth-order valence-electron chi connectivity index (χ4n) is 2.66. The molecule has 11 heteroatoms. The molecule has 1 atom stereocenters. The number of fused-ring (bicyclic) bond motifs is 1. The van der Waals surface area contributed by atoms with E-state index in [0.717, 1.165) is 0 Å². The molecule has 0 radical (unpaired) electrons. The number of alkyl halides is 3. The molecule has 1 aromatic heterocycles. The Labute approximate surface area is 165 Å². The van der Waals surface area contributed by atoms with E-state index < -0.39 is 46.2 Å². The van der Waals surface area contributed by atoms with E-state index in [4.69, 9.17) is 11.6 Å². The summed E-state index contributed by atoms with van der Waals surface area (Å²) in [5.74, 6) is -2.98. The second-order valence-electron chi connectivity index (χ2n) is 6.05. The summed E-state index contributed by atoms with van der Waals surface area (Å²) >= 11 is 5.49. The topological polar surface area (TPSA) is 95.1 Å². The number of nitrogens with zero attached hydrogens (tertiary/aromatic N) is 1. The number of hydrogen-bond acceptors (Lipinski definition) is 4. The lowest BCUT2D eigenvalue weighted by Gasteiger charge is -2.29. The van der Waals surface area contributed by atoms with Crippen molar-refractivity contribution in [2.45, 2.75) is 18.3 Å². The van der Waals surface area contributed by atoms with Crippen molar-refractivity contribution in [3.8, 4) is 0 Å². The van der Waals surface area contributed by atoms with Gasteiger partial charge in [0.15, 0.2) is 0 Å². The molecule has 0 saturated heterocycles. The molecule has 0 aliphatic carbocycles. The minimum atomic E-state index is -5.44. The molecule has 0 aliphatic heterocycles. The number of nitrogens with one attached hydrogen (secondary N) is 2. The summed E-state index contributed by atoms with van der Waals surface area (Å²) in [7, 11) is 0. The lowest BCUT2D eigenvalue weighted by atomic mass is 9.92. The van der Waals surface area contributed by atoms with E-state index in [1.807, 2.05) is 5.32 Å². The number of hydrogen-bond donors (Lipinski definition) is 3. The number of aromatic amines is 1. The van der Waals surface area contributed by atoms with Crippen LogP contribution in [-0.2, 0) is 16.9 Å². The molecule has 29 heavy (non-hydrogen) atoms. The highest BCUT2D eigenvalue weighted by Gasteiger charge is 2.60. The van der Waals surface area contributed by atoms with Crippen LogP contribution in [0.4, 0.5) is 17.6 Å². The Kier molecular flexibility index (Phi) is 5.33. The van der Waals surface area contributed by atoms with Crippen molar-refractivity contribution >= 4 is 28.4 Å². The molecule has 3 N–H and O–H groups in total. The van der Waals surface area contributed by atoms with Gasteiger partial charge in [-0.2, -0.15) is 13.2 Å². The highest BCUT2D eigenvalue weighted by molar-refractivity contribution is 6.30. The Morgan fingerprint density at radius 1 is 1.21 bits per heavy atom. The van der Waals surface area contributed by atoms with E-state index >= 15 is 0 Å². The van der Waals surface area contributed by atoms with Gasteiger partial charge in [-0.1, -0.05) is 29.8 Å². The molecule has 0 saturated carbocycles. The van der Waals surface area contributed by atoms with Crippen molar-refractivity contribution in [2.75, 3.05) is 0 Å². The fourth-order valence-corrected chi connectivity index (χ4v) is 2.84. The summed E-state index contributed by atoms with van der Waals surface area (Å²) in [5, 5.41) is 11.7. The lowest BCUT2D eigenvalue weighted by molar-refractivity contribution is -0.257. The molecule has 1 unspecified atom stereocenters. The van der Waals surface area contributed by atoms with Gasteiger partial charge in [0.1, 0.15) is 11.6 Å². The maximum atomic E-state index is 13.5. The molecule has 152 valence electrons. The van der Waals surface area contributed by atoms with Crippen LogP contribution in [0, 0.1) is 5.82 Å². The number of amides is 1. The van der Waals surface area contributed by atoms with Crippen molar-refractivity contribution < 1.29 is 27.5 Å². The molecular weight excluding hydrogens is 418 g/mol. The van der Waals surface area contributed by atoms with Crippen molar-refractivity contribution in [1.29, 1.82) is 0 Å². The predicted molar refractivity (Wildman–Crippen MR) is 95.6 cm³/mol. The monoisotopic (exact) mass is 429 g/mol. The lowest BCUT2D eigenvalue weighted by Crippen LogP contribution is -2.54. The van der Waals surface area contributed by atoms with Crippen LogP contribution in [0.3, 0.4) is 0 Å². The Morgan fingerprint density at radius 2 is 1.90 bits per heavy atom. The number of aromatic nitrogens is 2. The van der Waals surface area contributed by atoms with Crippen molar-refractivity contribution in [1.82, 2.24) is 15.3 Å². The zero-order valence-corrected chi connectivity index (χ0v) is 15.1. The largest absolute Gasteiger partial charge is 0.430 e. The summed E-state index contributed by atoms with van der Waals surface area (Å²) in [6.07, 6.45) is -5.44. The van der Waals surface area contributed by atoms with E-state index in [0.29, 0.717) is 18.2 Å². The third kappa shape index (κ3) is 3.81. The minimum Gasteiger partial charge on any atom is -0.369 e. The first-order valence-corrected chi connectivity index (χ1v) is 8.42. The summed E-state index contributed by atoms with van der Waals surface area (Å²) in [6.45, 7) is -0.605. The number of carbonyl (C=O) groups is 1. The Balaban J connectivity index is 1.92. The van der Waals surface area contributed by atoms with E-state index in [1.54, 1.807) is 12.1 Å². The second-order valence-corrected chi connectivity index (χ2v) is 6.46. The second kappa shape index (κ2) is 7.45. The van der Waals surface area contributed by atoms with Crippen LogP contribution in [0.25, 0.3) is 10.9 Å². The van der Waals surface area contributed by atoms with Gasteiger partial charge in [-0.25, -0.2) is 9.37 Å². The van der Waals surface area contributed by atoms with Gasteiger partial charge in [0.25, 0.3) is 17.1 Å². The van der Waals surface area contributed by atoms with Crippen LogP contribution in [0.2, 0.25) is 5.02 Å². The predicted octanol–water partition coefficient (Wildman–Crippen LogP) is 2.78. The highest BCUT2D eigenvalue weighted by atomic mass is 35.5. The van der Waals surface area contributed by atoms with Crippen LogP contribution < -0.4 is 10.9 Å². The molecule has 0 spiro atoms. The van der Waals surface area contributed by atoms with Gasteiger partial charge >= 0.3 is 6.18 Å². The summed E-state index contributed by atoms with van der Waals surface area (Å²) in [6, 6.07) is 7.96. The van der Waals surface area contributed by atoms with E-state index in [2.05, 4.69) is 9.97 Å². The maximum absolute atomic E-state index is 13.5. The first kappa shape index (κ1) is 20.7. The van der Waals surface area contributed by atoms with Gasteiger partial charge in [0.2, 0.25) is 0 Å².